The zero-order valence-electron chi connectivity index (χ0n) is 11.7. The molecule has 0 radical (unpaired) electrons. The molecule has 2 unspecified atom stereocenters. The molecule has 1 saturated heterocycles. The van der Waals surface area contributed by atoms with Gasteiger partial charge in [-0.25, -0.2) is 0 Å². The predicted molar refractivity (Wildman–Crippen MR) is 77.4 cm³/mol. The normalized spacial score (nSPS) is 31.9. The molecular formula is C16H18ClNO2. The Balaban J connectivity index is 2.09. The number of hydrogen-bond acceptors (Lipinski definition) is 2. The highest BCUT2D eigenvalue weighted by Gasteiger charge is 2.61. The minimum Gasteiger partial charge on any atom is -0.296 e. The van der Waals surface area contributed by atoms with Gasteiger partial charge in [0.25, 0.3) is 0 Å². The van der Waals surface area contributed by atoms with Crippen LogP contribution in [-0.4, -0.2) is 11.8 Å². The van der Waals surface area contributed by atoms with Gasteiger partial charge in [0, 0.05) is 11.4 Å². The largest absolute Gasteiger partial charge is 0.296 e. The van der Waals surface area contributed by atoms with Crippen molar-refractivity contribution in [1.82, 2.24) is 5.32 Å². The van der Waals surface area contributed by atoms with Gasteiger partial charge in [0.15, 0.2) is 0 Å². The Hall–Kier alpha value is -1.35. The van der Waals surface area contributed by atoms with Gasteiger partial charge in [-0.15, -0.1) is 0 Å². The Bertz CT molecular complexity index is 594. The van der Waals surface area contributed by atoms with Gasteiger partial charge in [0.05, 0.1) is 5.92 Å². The van der Waals surface area contributed by atoms with Crippen LogP contribution in [0.25, 0.3) is 0 Å². The van der Waals surface area contributed by atoms with E-state index in [-0.39, 0.29) is 28.6 Å². The highest BCUT2D eigenvalue weighted by molar-refractivity contribution is 6.30. The van der Waals surface area contributed by atoms with Crippen molar-refractivity contribution in [2.75, 3.05) is 0 Å². The lowest BCUT2D eigenvalue weighted by molar-refractivity contribution is -0.142. The fraction of sp³-hybridized carbons (Fsp3) is 0.500. The van der Waals surface area contributed by atoms with Crippen LogP contribution in [0.5, 0.6) is 0 Å². The number of amides is 2. The first-order chi connectivity index (χ1) is 9.36. The van der Waals surface area contributed by atoms with Gasteiger partial charge in [-0.3, -0.25) is 14.9 Å². The van der Waals surface area contributed by atoms with E-state index >= 15 is 0 Å². The zero-order chi connectivity index (χ0) is 14.5. The average molecular weight is 292 g/mol. The smallest absolute Gasteiger partial charge is 0.234 e. The summed E-state index contributed by atoms with van der Waals surface area (Å²) >= 11 is 6.06. The van der Waals surface area contributed by atoms with E-state index in [1.165, 1.54) is 0 Å². The second-order valence-electron chi connectivity index (χ2n) is 6.56. The Labute approximate surface area is 123 Å². The highest BCUT2D eigenvalue weighted by Crippen LogP contribution is 2.65. The van der Waals surface area contributed by atoms with Crippen molar-refractivity contribution in [2.24, 2.45) is 10.8 Å². The quantitative estimate of drug-likeness (QED) is 0.850. The van der Waals surface area contributed by atoms with E-state index < -0.39 is 0 Å². The first-order valence-electron chi connectivity index (χ1n) is 6.95. The van der Waals surface area contributed by atoms with Crippen LogP contribution in [-0.2, 0) is 9.59 Å². The Morgan fingerprint density at radius 3 is 2.55 bits per heavy atom. The van der Waals surface area contributed by atoms with E-state index in [1.54, 1.807) is 6.07 Å². The number of nitrogens with one attached hydrogen (secondary N) is 1. The summed E-state index contributed by atoms with van der Waals surface area (Å²) < 4.78 is 0. The standard InChI is InChI=1S/C16H18ClNO2/c1-15(6-7-15)16(2)9-12(19)18-14(20)13(16)10-4-3-5-11(17)8-10/h3-5,8,13H,6-7,9H2,1-2H3,(H,18,19,20). The monoisotopic (exact) mass is 291 g/mol. The van der Waals surface area contributed by atoms with Gasteiger partial charge >= 0.3 is 0 Å². The van der Waals surface area contributed by atoms with E-state index in [0.717, 1.165) is 18.4 Å². The van der Waals surface area contributed by atoms with Crippen LogP contribution < -0.4 is 5.32 Å². The van der Waals surface area contributed by atoms with Gasteiger partial charge < -0.3 is 0 Å². The Kier molecular flexibility index (Phi) is 2.94. The van der Waals surface area contributed by atoms with Crippen molar-refractivity contribution in [3.63, 3.8) is 0 Å². The van der Waals surface area contributed by atoms with Gasteiger partial charge in [0.1, 0.15) is 0 Å². The molecule has 3 rings (SSSR count). The van der Waals surface area contributed by atoms with Gasteiger partial charge in [-0.2, -0.15) is 0 Å². The van der Waals surface area contributed by atoms with E-state index in [4.69, 9.17) is 11.6 Å². The minimum atomic E-state index is -0.336. The fourth-order valence-corrected chi connectivity index (χ4v) is 3.70. The van der Waals surface area contributed by atoms with Gasteiger partial charge in [-0.05, 0) is 41.4 Å². The molecular weight excluding hydrogens is 274 g/mol. The third-order valence-electron chi connectivity index (χ3n) is 5.25. The zero-order valence-corrected chi connectivity index (χ0v) is 12.5. The number of rotatable bonds is 2. The molecule has 1 N–H and O–H groups in total. The van der Waals surface area contributed by atoms with Crippen LogP contribution >= 0.6 is 11.6 Å². The number of imide groups is 1. The van der Waals surface area contributed by atoms with Crippen molar-refractivity contribution >= 4 is 23.4 Å². The maximum Gasteiger partial charge on any atom is 0.234 e. The molecule has 0 bridgehead atoms. The lowest BCUT2D eigenvalue weighted by Gasteiger charge is -2.45. The molecule has 4 heteroatoms. The average Bonchev–Trinajstić information content (AvgIpc) is 3.08. The molecule has 2 atom stereocenters. The fourth-order valence-electron chi connectivity index (χ4n) is 3.50. The van der Waals surface area contributed by atoms with Crippen molar-refractivity contribution in [1.29, 1.82) is 0 Å². The topological polar surface area (TPSA) is 46.2 Å². The summed E-state index contributed by atoms with van der Waals surface area (Å²) in [6.07, 6.45) is 2.54. The summed E-state index contributed by atoms with van der Waals surface area (Å²) in [6.45, 7) is 4.25. The molecule has 0 aromatic heterocycles. The summed E-state index contributed by atoms with van der Waals surface area (Å²) in [5.41, 5.74) is 0.628. The van der Waals surface area contributed by atoms with Crippen LogP contribution in [0, 0.1) is 10.8 Å². The molecule has 1 aliphatic heterocycles. The third kappa shape index (κ3) is 1.96. The Morgan fingerprint density at radius 2 is 1.95 bits per heavy atom. The molecule has 1 aromatic rings. The number of halogens is 1. The van der Waals surface area contributed by atoms with Crippen molar-refractivity contribution in [2.45, 2.75) is 39.0 Å². The maximum atomic E-state index is 12.4. The predicted octanol–water partition coefficient (Wildman–Crippen LogP) is 3.28. The van der Waals surface area contributed by atoms with Gasteiger partial charge in [-0.1, -0.05) is 37.6 Å². The number of carbonyl (C=O) groups excluding carboxylic acids is 2. The van der Waals surface area contributed by atoms with Crippen LogP contribution in [0.3, 0.4) is 0 Å². The summed E-state index contributed by atoms with van der Waals surface area (Å²) in [5.74, 6) is -0.672. The van der Waals surface area contributed by atoms with E-state index in [0.29, 0.717) is 11.4 Å². The summed E-state index contributed by atoms with van der Waals surface area (Å²) in [4.78, 5) is 24.3. The number of carbonyl (C=O) groups is 2. The Morgan fingerprint density at radius 1 is 1.25 bits per heavy atom. The van der Waals surface area contributed by atoms with E-state index in [2.05, 4.69) is 19.2 Å². The van der Waals surface area contributed by atoms with Gasteiger partial charge in [0.2, 0.25) is 11.8 Å². The minimum absolute atomic E-state index is 0.0629. The molecule has 2 amide bonds. The van der Waals surface area contributed by atoms with Crippen LogP contribution in [0.15, 0.2) is 24.3 Å². The summed E-state index contributed by atoms with van der Waals surface area (Å²) in [6, 6.07) is 7.42. The first kappa shape index (κ1) is 13.6. The molecule has 2 fully saturated rings. The van der Waals surface area contributed by atoms with Crippen molar-refractivity contribution in [3.05, 3.63) is 34.9 Å². The lowest BCUT2D eigenvalue weighted by atomic mass is 9.60. The second-order valence-corrected chi connectivity index (χ2v) is 6.99. The van der Waals surface area contributed by atoms with Crippen LogP contribution in [0.1, 0.15) is 44.6 Å². The summed E-state index contributed by atoms with van der Waals surface area (Å²) in [7, 11) is 0. The molecule has 1 aromatic carbocycles. The third-order valence-corrected chi connectivity index (χ3v) is 5.49. The van der Waals surface area contributed by atoms with Crippen LogP contribution in [0.4, 0.5) is 0 Å². The lowest BCUT2D eigenvalue weighted by Crippen LogP contribution is -2.52. The molecule has 3 nitrogen and oxygen atoms in total. The number of piperidine rings is 1. The number of benzene rings is 1. The van der Waals surface area contributed by atoms with E-state index in [9.17, 15) is 9.59 Å². The molecule has 0 spiro atoms. The molecule has 1 aliphatic carbocycles. The van der Waals surface area contributed by atoms with Crippen molar-refractivity contribution in [3.8, 4) is 0 Å². The second kappa shape index (κ2) is 4.32. The molecule has 1 heterocycles. The summed E-state index contributed by atoms with van der Waals surface area (Å²) in [5, 5.41) is 3.10. The number of hydrogen-bond donors (Lipinski definition) is 1. The SMILES string of the molecule is CC1(C2(C)CC(=O)NC(=O)C2c2cccc(Cl)c2)CC1. The molecule has 1 saturated carbocycles. The van der Waals surface area contributed by atoms with E-state index in [1.807, 2.05) is 18.2 Å². The maximum absolute atomic E-state index is 12.4. The highest BCUT2D eigenvalue weighted by atomic mass is 35.5. The van der Waals surface area contributed by atoms with Crippen molar-refractivity contribution < 1.29 is 9.59 Å². The molecule has 106 valence electrons. The molecule has 2 aliphatic rings. The van der Waals surface area contributed by atoms with Crippen LogP contribution in [0.2, 0.25) is 5.02 Å². The first-order valence-corrected chi connectivity index (χ1v) is 7.33. The molecule has 20 heavy (non-hydrogen) atoms.